The fourth-order valence-corrected chi connectivity index (χ4v) is 5.83. The molecule has 2 fully saturated rings. The number of carbonyl (C=O) groups is 2. The van der Waals surface area contributed by atoms with Gasteiger partial charge in [-0.2, -0.15) is 4.52 Å². The number of anilines is 1. The van der Waals surface area contributed by atoms with E-state index in [1.54, 1.807) is 16.5 Å². The van der Waals surface area contributed by atoms with Crippen LogP contribution < -0.4 is 24.4 Å². The predicted octanol–water partition coefficient (Wildman–Crippen LogP) is 2.60. The molecule has 2 saturated heterocycles. The van der Waals surface area contributed by atoms with E-state index in [9.17, 15) is 9.59 Å². The lowest BCUT2D eigenvalue weighted by Crippen LogP contribution is -2.55. The molecule has 5 rings (SSSR count). The third-order valence-corrected chi connectivity index (χ3v) is 8.33. The van der Waals surface area contributed by atoms with Crippen LogP contribution in [0.1, 0.15) is 52.9 Å². The van der Waals surface area contributed by atoms with E-state index in [1.165, 1.54) is 0 Å². The lowest BCUT2D eigenvalue weighted by atomic mass is 9.88. The summed E-state index contributed by atoms with van der Waals surface area (Å²) in [5, 5.41) is 15.7. The van der Waals surface area contributed by atoms with Crippen molar-refractivity contribution in [2.45, 2.75) is 58.0 Å². The topological polar surface area (TPSA) is 127 Å². The van der Waals surface area contributed by atoms with Gasteiger partial charge in [-0.15, -0.1) is 10.2 Å². The minimum absolute atomic E-state index is 0. The van der Waals surface area contributed by atoms with Crippen molar-refractivity contribution >= 4 is 23.3 Å². The summed E-state index contributed by atoms with van der Waals surface area (Å²) in [6.07, 6.45) is 2.11. The summed E-state index contributed by atoms with van der Waals surface area (Å²) in [6.45, 7) is 10.4. The molecule has 0 unspecified atom stereocenters. The Labute approximate surface area is 259 Å². The van der Waals surface area contributed by atoms with Gasteiger partial charge in [-0.1, -0.05) is 11.2 Å². The number of benzene rings is 1. The molecule has 2 aliphatic rings. The summed E-state index contributed by atoms with van der Waals surface area (Å²) in [5.74, 6) is 2.69. The SMILES string of the molecule is COc1nnc2ccc(N3CCC(c4ccc(OCCN5CCN(C)C(=O)[C@H]5C)cc4OCCC(=O)NC(C)C)CC3)nn12.[HH]. The number of piperazine rings is 1. The molecule has 0 saturated carbocycles. The Hall–Kier alpha value is -4.13. The summed E-state index contributed by atoms with van der Waals surface area (Å²) >= 11 is 0. The molecule has 13 heteroatoms. The molecular formula is C31H46N8O5. The molecule has 4 heterocycles. The molecule has 3 aromatic rings. The zero-order valence-electron chi connectivity index (χ0n) is 26.4. The summed E-state index contributed by atoms with van der Waals surface area (Å²) in [6, 6.07) is 10.2. The van der Waals surface area contributed by atoms with Crippen molar-refractivity contribution in [2.24, 2.45) is 0 Å². The molecule has 2 amide bonds. The van der Waals surface area contributed by atoms with Gasteiger partial charge in [0, 0.05) is 53.3 Å². The Morgan fingerprint density at radius 2 is 1.86 bits per heavy atom. The first-order valence-corrected chi connectivity index (χ1v) is 15.4. The zero-order chi connectivity index (χ0) is 31.2. The Kier molecular flexibility index (Phi) is 10.0. The quantitative estimate of drug-likeness (QED) is 0.327. The summed E-state index contributed by atoms with van der Waals surface area (Å²) < 4.78 is 19.3. The monoisotopic (exact) mass is 610 g/mol. The lowest BCUT2D eigenvalue weighted by Gasteiger charge is -2.37. The maximum atomic E-state index is 12.4. The van der Waals surface area contributed by atoms with Crippen LogP contribution in [0.25, 0.3) is 5.65 Å². The fraction of sp³-hybridized carbons (Fsp3) is 0.581. The number of hydrogen-bond acceptors (Lipinski definition) is 10. The Bertz CT molecular complexity index is 1440. The first-order valence-electron chi connectivity index (χ1n) is 15.4. The van der Waals surface area contributed by atoms with Crippen molar-refractivity contribution in [1.29, 1.82) is 0 Å². The molecule has 0 bridgehead atoms. The number of amides is 2. The number of aromatic nitrogens is 4. The second kappa shape index (κ2) is 14.1. The minimum Gasteiger partial charge on any atom is -0.493 e. The Morgan fingerprint density at radius 3 is 2.61 bits per heavy atom. The van der Waals surface area contributed by atoms with E-state index >= 15 is 0 Å². The number of hydrogen-bond donors (Lipinski definition) is 1. The highest BCUT2D eigenvalue weighted by atomic mass is 16.5. The van der Waals surface area contributed by atoms with Gasteiger partial charge in [0.1, 0.15) is 23.9 Å². The van der Waals surface area contributed by atoms with Crippen molar-refractivity contribution in [3.05, 3.63) is 35.9 Å². The summed E-state index contributed by atoms with van der Waals surface area (Å²) in [4.78, 5) is 30.8. The number of likely N-dealkylation sites (N-methyl/N-ethyl adjacent to an activating group) is 1. The maximum absolute atomic E-state index is 12.4. The maximum Gasteiger partial charge on any atom is 0.338 e. The number of nitrogens with zero attached hydrogens (tertiary/aromatic N) is 7. The molecule has 0 spiro atoms. The molecule has 13 nitrogen and oxygen atoms in total. The molecule has 44 heavy (non-hydrogen) atoms. The van der Waals surface area contributed by atoms with Crippen molar-refractivity contribution in [1.82, 2.24) is 34.9 Å². The van der Waals surface area contributed by atoms with Crippen LogP contribution in [0.4, 0.5) is 5.82 Å². The number of carbonyl (C=O) groups excluding carboxylic acids is 2. The molecule has 240 valence electrons. The highest BCUT2D eigenvalue weighted by Gasteiger charge is 2.29. The van der Waals surface area contributed by atoms with E-state index in [4.69, 9.17) is 19.3 Å². The van der Waals surface area contributed by atoms with Gasteiger partial charge in [-0.05, 0) is 63.3 Å². The van der Waals surface area contributed by atoms with E-state index in [0.717, 1.165) is 56.2 Å². The van der Waals surface area contributed by atoms with Crippen LogP contribution in [-0.2, 0) is 9.59 Å². The van der Waals surface area contributed by atoms with Gasteiger partial charge in [-0.3, -0.25) is 14.5 Å². The van der Waals surface area contributed by atoms with E-state index in [2.05, 4.69) is 31.4 Å². The number of nitrogens with one attached hydrogen (secondary N) is 1. The van der Waals surface area contributed by atoms with Gasteiger partial charge >= 0.3 is 6.01 Å². The second-order valence-electron chi connectivity index (χ2n) is 11.8. The third-order valence-electron chi connectivity index (χ3n) is 8.33. The summed E-state index contributed by atoms with van der Waals surface area (Å²) in [5.41, 5.74) is 1.75. The highest BCUT2D eigenvalue weighted by molar-refractivity contribution is 5.82. The molecule has 0 aliphatic carbocycles. The Balaban J connectivity index is 0.00000461. The molecule has 1 aromatic carbocycles. The van der Waals surface area contributed by atoms with Crippen LogP contribution in [0.5, 0.6) is 17.5 Å². The summed E-state index contributed by atoms with van der Waals surface area (Å²) in [7, 11) is 3.40. The number of fused-ring (bicyclic) bond motifs is 1. The average molecular weight is 611 g/mol. The second-order valence-corrected chi connectivity index (χ2v) is 11.8. The van der Waals surface area contributed by atoms with Crippen molar-refractivity contribution < 1.29 is 25.2 Å². The van der Waals surface area contributed by atoms with Gasteiger partial charge in [0.25, 0.3) is 0 Å². The fourth-order valence-electron chi connectivity index (χ4n) is 5.83. The van der Waals surface area contributed by atoms with E-state index in [0.29, 0.717) is 30.6 Å². The Morgan fingerprint density at radius 1 is 1.07 bits per heavy atom. The minimum atomic E-state index is -0.155. The van der Waals surface area contributed by atoms with Crippen LogP contribution >= 0.6 is 0 Å². The van der Waals surface area contributed by atoms with Crippen molar-refractivity contribution in [3.63, 3.8) is 0 Å². The molecule has 1 N–H and O–H groups in total. The molecule has 0 radical (unpaired) electrons. The number of methoxy groups -OCH3 is 1. The molecule has 2 aliphatic heterocycles. The highest BCUT2D eigenvalue weighted by Crippen LogP contribution is 2.37. The third kappa shape index (κ3) is 7.32. The molecule has 2 aromatic heterocycles. The lowest BCUT2D eigenvalue weighted by molar-refractivity contribution is -0.139. The molecule has 1 atom stereocenters. The first-order chi connectivity index (χ1) is 21.2. The van der Waals surface area contributed by atoms with Crippen LogP contribution in [-0.4, -0.2) is 114 Å². The zero-order valence-corrected chi connectivity index (χ0v) is 26.4. The van der Waals surface area contributed by atoms with Gasteiger partial charge in [0.05, 0.1) is 26.2 Å². The average Bonchev–Trinajstić information content (AvgIpc) is 3.43. The number of rotatable bonds is 12. The predicted molar refractivity (Wildman–Crippen MR) is 168 cm³/mol. The van der Waals surface area contributed by atoms with Crippen LogP contribution in [0, 0.1) is 0 Å². The normalized spacial score (nSPS) is 18.2. The number of piperidine rings is 1. The largest absolute Gasteiger partial charge is 0.493 e. The van der Waals surface area contributed by atoms with Crippen molar-refractivity contribution in [3.8, 4) is 17.5 Å². The van der Waals surface area contributed by atoms with E-state index in [1.807, 2.05) is 52.1 Å². The van der Waals surface area contributed by atoms with Crippen LogP contribution in [0.15, 0.2) is 30.3 Å². The van der Waals surface area contributed by atoms with Gasteiger partial charge in [0.2, 0.25) is 11.8 Å². The van der Waals surface area contributed by atoms with Crippen LogP contribution in [0.3, 0.4) is 0 Å². The van der Waals surface area contributed by atoms with E-state index < -0.39 is 0 Å². The molecular weight excluding hydrogens is 564 g/mol. The number of ether oxygens (including phenoxy) is 3. The van der Waals surface area contributed by atoms with Gasteiger partial charge < -0.3 is 29.3 Å². The van der Waals surface area contributed by atoms with Gasteiger partial charge in [0.15, 0.2) is 5.65 Å². The first kappa shape index (κ1) is 31.3. The van der Waals surface area contributed by atoms with E-state index in [-0.39, 0.29) is 44.3 Å². The standard InChI is InChI=1S/C31H44N8O5.H2/c1-21(2)32-29(40)12-18-44-26-20-24(43-19-17-37-16-15-36(4)30(41)22(37)3)6-7-25(26)23-10-13-38(14-11-23)28-9-8-27-33-34-31(42-5)39(27)35-28;/h6-9,20-23H,10-19H2,1-5H3,(H,32,40);1H/t22-;/m1./s1. The van der Waals surface area contributed by atoms with Gasteiger partial charge in [-0.25, -0.2) is 0 Å². The van der Waals surface area contributed by atoms with Crippen LogP contribution in [0.2, 0.25) is 0 Å². The van der Waals surface area contributed by atoms with Crippen molar-refractivity contribution in [2.75, 3.05) is 65.0 Å². The smallest absolute Gasteiger partial charge is 0.338 e.